The minimum Gasteiger partial charge on any atom is -0.379 e. The molecule has 2 aromatic carbocycles. The normalized spacial score (nSPS) is 22.0. The van der Waals surface area contributed by atoms with Crippen molar-refractivity contribution < 1.29 is 19.2 Å². The fourth-order valence-electron chi connectivity index (χ4n) is 8.44. The van der Waals surface area contributed by atoms with Crippen LogP contribution >= 0.6 is 15.9 Å². The van der Waals surface area contributed by atoms with Crippen molar-refractivity contribution in [3.05, 3.63) is 85.7 Å². The number of likely N-dealkylation sites (tertiary alicyclic amines) is 2. The molecule has 3 aromatic rings. The average Bonchev–Trinajstić information content (AvgIpc) is 3.33. The van der Waals surface area contributed by atoms with E-state index in [1.807, 2.05) is 13.0 Å². The van der Waals surface area contributed by atoms with Gasteiger partial charge in [0.1, 0.15) is 10.5 Å². The molecular weight excluding hydrogens is 716 g/mol. The van der Waals surface area contributed by atoms with Crippen LogP contribution in [0.1, 0.15) is 63.9 Å². The summed E-state index contributed by atoms with van der Waals surface area (Å²) >= 11 is 3.43. The predicted molar refractivity (Wildman–Crippen MR) is 196 cm³/mol. The lowest BCUT2D eigenvalue weighted by Crippen LogP contribution is -2.72. The van der Waals surface area contributed by atoms with Gasteiger partial charge in [-0.05, 0) is 65.0 Å². The van der Waals surface area contributed by atoms with Crippen molar-refractivity contribution in [1.82, 2.24) is 29.8 Å². The number of halogens is 1. The zero-order valence-corrected chi connectivity index (χ0v) is 30.7. The Morgan fingerprint density at radius 3 is 2.49 bits per heavy atom. The maximum Gasteiger partial charge on any atom is 0.282 e. The highest BCUT2D eigenvalue weighted by atomic mass is 79.9. The molecule has 14 heteroatoms. The van der Waals surface area contributed by atoms with Gasteiger partial charge in [0, 0.05) is 64.3 Å². The molecule has 3 atom stereocenters. The molecule has 0 radical (unpaired) electrons. The molecule has 4 aliphatic heterocycles. The minimum atomic E-state index is -1.03. The van der Waals surface area contributed by atoms with E-state index >= 15 is 0 Å². The molecule has 3 unspecified atom stereocenters. The van der Waals surface area contributed by atoms with Gasteiger partial charge in [-0.15, -0.1) is 0 Å². The molecule has 51 heavy (non-hydrogen) atoms. The number of hydrogen-bond donors (Lipinski definition) is 2. The highest BCUT2D eigenvalue weighted by molar-refractivity contribution is 9.10. The molecule has 4 aliphatic rings. The number of aromatic nitrogens is 2. The number of fused-ring (bicyclic) bond motifs is 1. The van der Waals surface area contributed by atoms with Crippen molar-refractivity contribution in [1.29, 1.82) is 0 Å². The van der Waals surface area contributed by atoms with Crippen molar-refractivity contribution in [3.63, 3.8) is 0 Å². The summed E-state index contributed by atoms with van der Waals surface area (Å²) in [6.07, 6.45) is 3.77. The lowest BCUT2D eigenvalue weighted by molar-refractivity contribution is -0.128. The quantitative estimate of drug-likeness (QED) is 0.222. The summed E-state index contributed by atoms with van der Waals surface area (Å²) in [6, 6.07) is 13.4. The number of aryl methyl sites for hydroxylation is 1. The molecule has 0 saturated carbocycles. The largest absolute Gasteiger partial charge is 0.379 e. The average molecular weight is 760 g/mol. The van der Waals surface area contributed by atoms with E-state index in [1.54, 1.807) is 25.4 Å². The van der Waals surface area contributed by atoms with E-state index in [0.29, 0.717) is 27.9 Å². The lowest BCUT2D eigenvalue weighted by Gasteiger charge is -2.61. The summed E-state index contributed by atoms with van der Waals surface area (Å²) < 4.78 is 1.82. The fraction of sp³-hybridized carbons (Fsp3) is 0.459. The van der Waals surface area contributed by atoms with Crippen molar-refractivity contribution in [3.8, 4) is 0 Å². The molecular formula is C37H43BrN8O5. The number of nitrogens with zero attached hydrogens (tertiary/aromatic N) is 6. The summed E-state index contributed by atoms with van der Waals surface area (Å²) in [7, 11) is 3.77. The molecule has 0 aliphatic carbocycles. The van der Waals surface area contributed by atoms with Gasteiger partial charge in [-0.3, -0.25) is 39.1 Å². The maximum atomic E-state index is 13.6. The van der Waals surface area contributed by atoms with Crippen molar-refractivity contribution >= 4 is 51.4 Å². The van der Waals surface area contributed by atoms with E-state index in [9.17, 15) is 24.0 Å². The topological polar surface area (TPSA) is 140 Å². The maximum absolute atomic E-state index is 13.6. The third-order valence-corrected chi connectivity index (χ3v) is 11.5. The van der Waals surface area contributed by atoms with E-state index in [2.05, 4.69) is 77.7 Å². The van der Waals surface area contributed by atoms with Crippen molar-refractivity contribution in [2.45, 2.75) is 50.7 Å². The molecule has 7 rings (SSSR count). The molecule has 1 spiro atoms. The number of carbonyl (C=O) groups excluding carboxylic acids is 4. The van der Waals surface area contributed by atoms with Crippen LogP contribution in [0.4, 0.5) is 11.4 Å². The molecule has 1 aromatic heterocycles. The molecule has 268 valence electrons. The van der Waals surface area contributed by atoms with Gasteiger partial charge in [-0.2, -0.15) is 5.10 Å². The van der Waals surface area contributed by atoms with Crippen LogP contribution in [0.25, 0.3) is 0 Å². The van der Waals surface area contributed by atoms with Crippen molar-refractivity contribution in [2.75, 3.05) is 56.5 Å². The summed E-state index contributed by atoms with van der Waals surface area (Å²) in [6.45, 7) is 8.07. The number of anilines is 2. The van der Waals surface area contributed by atoms with Crippen LogP contribution in [-0.4, -0.2) is 107 Å². The number of likely N-dealkylation sites (N-methyl/N-ethyl adjacent to an activating group) is 1. The Morgan fingerprint density at radius 2 is 1.78 bits per heavy atom. The molecule has 3 saturated heterocycles. The van der Waals surface area contributed by atoms with Crippen LogP contribution in [-0.2, 0) is 23.2 Å². The number of rotatable bonds is 11. The number of imide groups is 2. The second kappa shape index (κ2) is 14.0. The predicted octanol–water partition coefficient (Wildman–Crippen LogP) is 2.80. The molecule has 2 N–H and O–H groups in total. The third-order valence-electron chi connectivity index (χ3n) is 10.7. The Bertz CT molecular complexity index is 1920. The highest BCUT2D eigenvalue weighted by Gasteiger charge is 2.53. The van der Waals surface area contributed by atoms with E-state index in [4.69, 9.17) is 0 Å². The second-order valence-electron chi connectivity index (χ2n) is 14.6. The first-order valence-corrected chi connectivity index (χ1v) is 18.3. The van der Waals surface area contributed by atoms with E-state index in [1.165, 1.54) is 15.8 Å². The number of nitrogens with one attached hydrogen (secondary N) is 2. The lowest BCUT2D eigenvalue weighted by atomic mass is 9.72. The van der Waals surface area contributed by atoms with Crippen LogP contribution in [0, 0.1) is 5.41 Å². The zero-order valence-electron chi connectivity index (χ0n) is 29.1. The number of amides is 4. The molecule has 13 nitrogen and oxygen atoms in total. The smallest absolute Gasteiger partial charge is 0.282 e. The van der Waals surface area contributed by atoms with Gasteiger partial charge in [0.25, 0.3) is 17.4 Å². The number of piperidine rings is 1. The summed E-state index contributed by atoms with van der Waals surface area (Å²) in [5.74, 6) is -1.26. The van der Waals surface area contributed by atoms with E-state index in [0.717, 1.165) is 68.5 Å². The zero-order chi connectivity index (χ0) is 36.0. The first-order valence-electron chi connectivity index (χ1n) is 17.5. The number of carbonyl (C=O) groups is 4. The summed E-state index contributed by atoms with van der Waals surface area (Å²) in [4.78, 5) is 70.9. The minimum absolute atomic E-state index is 0.144. The van der Waals surface area contributed by atoms with Gasteiger partial charge in [0.05, 0.1) is 28.7 Å². The van der Waals surface area contributed by atoms with Gasteiger partial charge in [0.15, 0.2) is 0 Å². The summed E-state index contributed by atoms with van der Waals surface area (Å²) in [5.41, 5.74) is 4.64. The van der Waals surface area contributed by atoms with Gasteiger partial charge < -0.3 is 15.1 Å². The summed E-state index contributed by atoms with van der Waals surface area (Å²) in [5, 5.41) is 9.82. The SMILES string of the molecule is CCCC(C(=O)NC=O)N1C(=O)c2cccc(N3CC4(CN(Cc5ccc(C6CC(Nc7cnn(C)c(=O)c7Br)CN(C)C6)cc5)C4)C3)c2C1=O. The van der Waals surface area contributed by atoms with E-state index < -0.39 is 23.8 Å². The van der Waals surface area contributed by atoms with Crippen LogP contribution in [0.2, 0.25) is 0 Å². The van der Waals surface area contributed by atoms with Gasteiger partial charge in [-0.1, -0.05) is 43.7 Å². The third kappa shape index (κ3) is 6.60. The van der Waals surface area contributed by atoms with Crippen LogP contribution in [0.15, 0.2) is 57.9 Å². The van der Waals surface area contributed by atoms with Crippen molar-refractivity contribution in [2.24, 2.45) is 12.5 Å². The first kappa shape index (κ1) is 35.0. The van der Waals surface area contributed by atoms with Gasteiger partial charge in [-0.25, -0.2) is 4.68 Å². The molecule has 0 bridgehead atoms. The number of benzene rings is 2. The Kier molecular flexibility index (Phi) is 9.59. The second-order valence-corrected chi connectivity index (χ2v) is 15.4. The Balaban J connectivity index is 0.938. The van der Waals surface area contributed by atoms with Crippen LogP contribution in [0.3, 0.4) is 0 Å². The standard InChI is InChI=1S/C37H43BrN8O5/c1-4-6-30(33(48)39-22-47)46-34(49)27-7-5-8-29(31(27)35(46)50)45-20-37(21-45)18-44(19-37)15-23-9-11-24(12-10-23)25-13-26(17-42(2)16-25)41-28-14-40-43(3)36(51)32(28)38/h5,7-12,14,22,25-26,30,41H,4,6,13,15-21H2,1-3H3,(H,39,47,48). The molecule has 3 fully saturated rings. The number of hydrogen-bond acceptors (Lipinski definition) is 10. The van der Waals surface area contributed by atoms with E-state index in [-0.39, 0.29) is 29.8 Å². The Morgan fingerprint density at radius 1 is 1.04 bits per heavy atom. The van der Waals surface area contributed by atoms with Crippen LogP contribution in [0.5, 0.6) is 0 Å². The Hall–Kier alpha value is -4.40. The highest BCUT2D eigenvalue weighted by Crippen LogP contribution is 2.45. The van der Waals surface area contributed by atoms with Gasteiger partial charge >= 0.3 is 0 Å². The molecule has 5 heterocycles. The van der Waals surface area contributed by atoms with Gasteiger partial charge in [0.2, 0.25) is 12.3 Å². The fourth-order valence-corrected chi connectivity index (χ4v) is 8.91. The first-order chi connectivity index (χ1) is 24.5. The van der Waals surface area contributed by atoms with Crippen LogP contribution < -0.4 is 21.1 Å². The Labute approximate surface area is 305 Å². The molecule has 4 amide bonds. The monoisotopic (exact) mass is 758 g/mol.